The number of rotatable bonds is 10. The lowest BCUT2D eigenvalue weighted by molar-refractivity contribution is -0.109. The van der Waals surface area contributed by atoms with Gasteiger partial charge in [-0.05, 0) is 42.5 Å². The summed E-state index contributed by atoms with van der Waals surface area (Å²) in [4.78, 5) is 28.0. The standard InChI is InChI=1S/C26H31N5O4/c1-29-24(8-9-27-29)23-19-21(28-26(33)20-4-3-5-22(18-20)34-2)6-7-25(23)35-17-15-31-12-10-30(11-13-31)14-16-32/h3-9,16,18-19H,10-15,17H2,1-2H3,(H,28,33). The van der Waals surface area contributed by atoms with Crippen molar-refractivity contribution >= 4 is 17.9 Å². The van der Waals surface area contributed by atoms with Crippen LogP contribution in [0.3, 0.4) is 0 Å². The molecule has 9 heteroatoms. The summed E-state index contributed by atoms with van der Waals surface area (Å²) in [6.45, 7) is 5.45. The Morgan fingerprint density at radius 3 is 2.60 bits per heavy atom. The molecular formula is C26H31N5O4. The molecule has 1 aliphatic heterocycles. The van der Waals surface area contributed by atoms with Crippen molar-refractivity contribution in [2.24, 2.45) is 7.05 Å². The van der Waals surface area contributed by atoms with Gasteiger partial charge in [0, 0.05) is 62.8 Å². The van der Waals surface area contributed by atoms with E-state index in [1.165, 1.54) is 0 Å². The molecule has 0 spiro atoms. The van der Waals surface area contributed by atoms with Crippen LogP contribution in [0.25, 0.3) is 11.3 Å². The SMILES string of the molecule is COc1cccc(C(=O)Nc2ccc(OCCN3CCN(CC=O)CC3)c(-c3ccnn3C)c2)c1. The molecule has 1 aromatic heterocycles. The number of methoxy groups -OCH3 is 1. The molecule has 1 N–H and O–H groups in total. The van der Waals surface area contributed by atoms with E-state index in [0.717, 1.165) is 56.0 Å². The molecule has 2 aromatic carbocycles. The zero-order valence-electron chi connectivity index (χ0n) is 20.1. The highest BCUT2D eigenvalue weighted by Crippen LogP contribution is 2.32. The number of nitrogens with zero attached hydrogens (tertiary/aromatic N) is 4. The van der Waals surface area contributed by atoms with Crippen LogP contribution < -0.4 is 14.8 Å². The van der Waals surface area contributed by atoms with Crippen LogP contribution in [0.15, 0.2) is 54.7 Å². The first-order valence-corrected chi connectivity index (χ1v) is 11.7. The smallest absolute Gasteiger partial charge is 0.255 e. The molecule has 35 heavy (non-hydrogen) atoms. The van der Waals surface area contributed by atoms with Crippen LogP contribution in [0.2, 0.25) is 0 Å². The maximum Gasteiger partial charge on any atom is 0.255 e. The molecule has 3 aromatic rings. The number of aryl methyl sites for hydroxylation is 1. The molecule has 1 aliphatic rings. The molecule has 1 saturated heterocycles. The topological polar surface area (TPSA) is 88.9 Å². The summed E-state index contributed by atoms with van der Waals surface area (Å²) in [5.41, 5.74) is 2.91. The number of hydrogen-bond acceptors (Lipinski definition) is 7. The van der Waals surface area contributed by atoms with E-state index in [1.54, 1.807) is 42.3 Å². The summed E-state index contributed by atoms with van der Waals surface area (Å²) in [6, 6.07) is 14.6. The Bertz CT molecular complexity index is 1150. The Labute approximate surface area is 205 Å². The first-order chi connectivity index (χ1) is 17.1. The molecule has 0 saturated carbocycles. The third-order valence-corrected chi connectivity index (χ3v) is 6.13. The van der Waals surface area contributed by atoms with Gasteiger partial charge in [-0.15, -0.1) is 0 Å². The Morgan fingerprint density at radius 2 is 1.89 bits per heavy atom. The highest BCUT2D eigenvalue weighted by atomic mass is 16.5. The second-order valence-electron chi connectivity index (χ2n) is 8.39. The normalized spacial score (nSPS) is 14.5. The minimum atomic E-state index is -0.220. The minimum Gasteiger partial charge on any atom is -0.497 e. The molecule has 1 fully saturated rings. The first-order valence-electron chi connectivity index (χ1n) is 11.7. The summed E-state index contributed by atoms with van der Waals surface area (Å²) >= 11 is 0. The van der Waals surface area contributed by atoms with E-state index in [4.69, 9.17) is 9.47 Å². The fourth-order valence-corrected chi connectivity index (χ4v) is 4.13. The maximum atomic E-state index is 12.8. The molecule has 0 bridgehead atoms. The first kappa shape index (κ1) is 24.4. The van der Waals surface area contributed by atoms with Gasteiger partial charge in [-0.1, -0.05) is 6.07 Å². The van der Waals surface area contributed by atoms with Crippen molar-refractivity contribution in [1.82, 2.24) is 19.6 Å². The van der Waals surface area contributed by atoms with Crippen LogP contribution in [0.4, 0.5) is 5.69 Å². The quantitative estimate of drug-likeness (QED) is 0.449. The largest absolute Gasteiger partial charge is 0.497 e. The molecule has 2 heterocycles. The van der Waals surface area contributed by atoms with Gasteiger partial charge in [0.1, 0.15) is 24.4 Å². The van der Waals surface area contributed by atoms with E-state index in [9.17, 15) is 9.59 Å². The van der Waals surface area contributed by atoms with Crippen LogP contribution in [0, 0.1) is 0 Å². The van der Waals surface area contributed by atoms with E-state index in [1.807, 2.05) is 31.3 Å². The molecule has 184 valence electrons. The predicted molar refractivity (Wildman–Crippen MR) is 134 cm³/mol. The number of carbonyl (C=O) groups excluding carboxylic acids is 2. The highest BCUT2D eigenvalue weighted by molar-refractivity contribution is 6.04. The monoisotopic (exact) mass is 477 g/mol. The van der Waals surface area contributed by atoms with Crippen molar-refractivity contribution in [3.05, 3.63) is 60.3 Å². The zero-order chi connectivity index (χ0) is 24.6. The van der Waals surface area contributed by atoms with Crippen molar-refractivity contribution in [2.45, 2.75) is 0 Å². The molecular weight excluding hydrogens is 446 g/mol. The molecule has 0 aliphatic carbocycles. The summed E-state index contributed by atoms with van der Waals surface area (Å²) in [6.07, 6.45) is 2.70. The Morgan fingerprint density at radius 1 is 1.09 bits per heavy atom. The van der Waals surface area contributed by atoms with Gasteiger partial charge >= 0.3 is 0 Å². The van der Waals surface area contributed by atoms with Crippen LogP contribution in [-0.2, 0) is 11.8 Å². The number of piperazine rings is 1. The van der Waals surface area contributed by atoms with Gasteiger partial charge in [0.15, 0.2) is 0 Å². The van der Waals surface area contributed by atoms with Gasteiger partial charge in [0.05, 0.1) is 19.3 Å². The van der Waals surface area contributed by atoms with Crippen LogP contribution >= 0.6 is 0 Å². The van der Waals surface area contributed by atoms with E-state index in [2.05, 4.69) is 20.2 Å². The lowest BCUT2D eigenvalue weighted by atomic mass is 10.1. The van der Waals surface area contributed by atoms with E-state index < -0.39 is 0 Å². The average Bonchev–Trinajstić information content (AvgIpc) is 3.31. The number of hydrogen-bond donors (Lipinski definition) is 1. The van der Waals surface area contributed by atoms with Crippen LogP contribution in [0.5, 0.6) is 11.5 Å². The Balaban J connectivity index is 1.44. The average molecular weight is 478 g/mol. The van der Waals surface area contributed by atoms with Crippen LogP contribution in [-0.4, -0.2) is 84.8 Å². The summed E-state index contributed by atoms with van der Waals surface area (Å²) in [5, 5.41) is 7.25. The van der Waals surface area contributed by atoms with Gasteiger partial charge in [-0.2, -0.15) is 5.10 Å². The summed E-state index contributed by atoms with van der Waals surface area (Å²) in [7, 11) is 3.45. The number of carbonyl (C=O) groups is 2. The highest BCUT2D eigenvalue weighted by Gasteiger charge is 2.17. The third-order valence-electron chi connectivity index (χ3n) is 6.13. The van der Waals surface area contributed by atoms with Gasteiger partial charge in [-0.25, -0.2) is 0 Å². The number of amides is 1. The molecule has 1 amide bonds. The van der Waals surface area contributed by atoms with Crippen LogP contribution in [0.1, 0.15) is 10.4 Å². The number of aromatic nitrogens is 2. The van der Waals surface area contributed by atoms with E-state index >= 15 is 0 Å². The predicted octanol–water partition coefficient (Wildman–Crippen LogP) is 2.54. The van der Waals surface area contributed by atoms with Gasteiger partial charge in [0.25, 0.3) is 5.91 Å². The molecule has 0 radical (unpaired) electrons. The second kappa shape index (κ2) is 11.6. The van der Waals surface area contributed by atoms with Crippen molar-refractivity contribution in [2.75, 3.05) is 58.3 Å². The number of benzene rings is 2. The van der Waals surface area contributed by atoms with Crippen molar-refractivity contribution in [3.8, 4) is 22.8 Å². The minimum absolute atomic E-state index is 0.220. The molecule has 0 atom stereocenters. The van der Waals surface area contributed by atoms with Gasteiger partial charge in [-0.3, -0.25) is 19.3 Å². The molecule has 4 rings (SSSR count). The lowest BCUT2D eigenvalue weighted by Gasteiger charge is -2.33. The maximum absolute atomic E-state index is 12.8. The summed E-state index contributed by atoms with van der Waals surface area (Å²) in [5.74, 6) is 1.14. The number of ether oxygens (including phenoxy) is 2. The molecule has 0 unspecified atom stereocenters. The van der Waals surface area contributed by atoms with E-state index in [0.29, 0.717) is 30.2 Å². The number of anilines is 1. The lowest BCUT2D eigenvalue weighted by Crippen LogP contribution is -2.47. The van der Waals surface area contributed by atoms with Gasteiger partial charge in [0.2, 0.25) is 0 Å². The number of aldehydes is 1. The van der Waals surface area contributed by atoms with Crippen molar-refractivity contribution in [3.63, 3.8) is 0 Å². The third kappa shape index (κ3) is 6.26. The Hall–Kier alpha value is -3.69. The van der Waals surface area contributed by atoms with Crippen molar-refractivity contribution < 1.29 is 19.1 Å². The fraction of sp³-hybridized carbons (Fsp3) is 0.346. The molecule has 9 nitrogen and oxygen atoms in total. The fourth-order valence-electron chi connectivity index (χ4n) is 4.13. The summed E-state index contributed by atoms with van der Waals surface area (Å²) < 4.78 is 13.2. The second-order valence-corrected chi connectivity index (χ2v) is 8.39. The number of nitrogens with one attached hydrogen (secondary N) is 1. The van der Waals surface area contributed by atoms with Gasteiger partial charge < -0.3 is 19.6 Å². The van der Waals surface area contributed by atoms with Crippen molar-refractivity contribution in [1.29, 1.82) is 0 Å². The Kier molecular flexibility index (Phi) is 8.12. The zero-order valence-corrected chi connectivity index (χ0v) is 20.1. The van der Waals surface area contributed by atoms with E-state index in [-0.39, 0.29) is 5.91 Å².